The van der Waals surface area contributed by atoms with Crippen LogP contribution in [0.1, 0.15) is 27.3 Å². The molecule has 0 aliphatic carbocycles. The van der Waals surface area contributed by atoms with E-state index in [9.17, 15) is 4.79 Å². The molecule has 1 aliphatic heterocycles. The Morgan fingerprint density at radius 1 is 1.12 bits per heavy atom. The van der Waals surface area contributed by atoms with Gasteiger partial charge in [-0.1, -0.05) is 17.7 Å². The fraction of sp³-hybridized carbons (Fsp3) is 0.250. The first-order chi connectivity index (χ1) is 12.5. The van der Waals surface area contributed by atoms with Crippen LogP contribution in [0.5, 0.6) is 0 Å². The number of aryl methyl sites for hydroxylation is 1. The predicted octanol–water partition coefficient (Wildman–Crippen LogP) is 3.36. The minimum Gasteiger partial charge on any atom is -0.349 e. The molecule has 0 atom stereocenters. The summed E-state index contributed by atoms with van der Waals surface area (Å²) in [7, 11) is 0. The fourth-order valence-electron chi connectivity index (χ4n) is 3.53. The van der Waals surface area contributed by atoms with Crippen LogP contribution in [-0.2, 0) is 6.54 Å². The van der Waals surface area contributed by atoms with E-state index in [1.165, 1.54) is 5.56 Å². The molecule has 6 heteroatoms. The number of carbonyl (C=O) groups excluding carboxylic acids is 1. The zero-order valence-corrected chi connectivity index (χ0v) is 15.1. The van der Waals surface area contributed by atoms with E-state index in [0.717, 1.165) is 40.4 Å². The van der Waals surface area contributed by atoms with E-state index in [4.69, 9.17) is 0 Å². The van der Waals surface area contributed by atoms with Crippen LogP contribution in [0, 0.1) is 20.8 Å². The maximum Gasteiger partial charge on any atom is 0.268 e. The first kappa shape index (κ1) is 16.3. The van der Waals surface area contributed by atoms with Crippen molar-refractivity contribution < 1.29 is 4.79 Å². The van der Waals surface area contributed by atoms with Crippen molar-refractivity contribution in [2.24, 2.45) is 0 Å². The van der Waals surface area contributed by atoms with Gasteiger partial charge in [0.15, 0.2) is 0 Å². The Morgan fingerprint density at radius 3 is 2.62 bits per heavy atom. The number of benzene rings is 1. The highest BCUT2D eigenvalue weighted by atomic mass is 16.2. The standard InChI is InChI=1S/C20H21N5O/c1-12-4-6-15(7-5-12)23-20-22-9-8-16(24-20)17-13(2)18-19(26)21-10-11-25(18)14(17)3/h4-9H,10-11H2,1-3H3,(H,21,26)(H,22,23,24). The summed E-state index contributed by atoms with van der Waals surface area (Å²) in [5, 5.41) is 6.16. The lowest BCUT2D eigenvalue weighted by Gasteiger charge is -2.17. The van der Waals surface area contributed by atoms with Gasteiger partial charge in [-0.25, -0.2) is 9.97 Å². The summed E-state index contributed by atoms with van der Waals surface area (Å²) in [6.07, 6.45) is 1.74. The van der Waals surface area contributed by atoms with Gasteiger partial charge in [-0.05, 0) is 44.5 Å². The summed E-state index contributed by atoms with van der Waals surface area (Å²) in [6.45, 7) is 7.52. The maximum absolute atomic E-state index is 12.3. The molecule has 0 radical (unpaired) electrons. The Balaban J connectivity index is 1.73. The van der Waals surface area contributed by atoms with Crippen molar-refractivity contribution in [3.63, 3.8) is 0 Å². The highest BCUT2D eigenvalue weighted by molar-refractivity contribution is 5.97. The first-order valence-corrected chi connectivity index (χ1v) is 8.69. The molecule has 1 aromatic carbocycles. The molecule has 1 amide bonds. The number of hydrogen-bond acceptors (Lipinski definition) is 4. The number of carbonyl (C=O) groups is 1. The van der Waals surface area contributed by atoms with Gasteiger partial charge in [-0.2, -0.15) is 0 Å². The fourth-order valence-corrected chi connectivity index (χ4v) is 3.53. The van der Waals surface area contributed by atoms with Gasteiger partial charge in [0.1, 0.15) is 5.69 Å². The zero-order chi connectivity index (χ0) is 18.3. The van der Waals surface area contributed by atoms with E-state index >= 15 is 0 Å². The molecule has 1 aliphatic rings. The molecule has 4 rings (SSSR count). The van der Waals surface area contributed by atoms with E-state index in [1.54, 1.807) is 6.20 Å². The minimum absolute atomic E-state index is 0.0184. The van der Waals surface area contributed by atoms with Crippen molar-refractivity contribution >= 4 is 17.5 Å². The Bertz CT molecular complexity index is 988. The lowest BCUT2D eigenvalue weighted by Crippen LogP contribution is -2.35. The van der Waals surface area contributed by atoms with Crippen LogP contribution >= 0.6 is 0 Å². The van der Waals surface area contributed by atoms with E-state index in [0.29, 0.717) is 12.5 Å². The molecular formula is C20H21N5O. The van der Waals surface area contributed by atoms with E-state index < -0.39 is 0 Å². The quantitative estimate of drug-likeness (QED) is 0.762. The Morgan fingerprint density at radius 2 is 1.88 bits per heavy atom. The molecule has 6 nitrogen and oxygen atoms in total. The second-order valence-corrected chi connectivity index (χ2v) is 6.60. The third-order valence-corrected chi connectivity index (χ3v) is 4.82. The van der Waals surface area contributed by atoms with Gasteiger partial charge in [-0.15, -0.1) is 0 Å². The molecule has 3 heterocycles. The number of nitrogens with zero attached hydrogens (tertiary/aromatic N) is 3. The normalized spacial score (nSPS) is 13.3. The van der Waals surface area contributed by atoms with Crippen molar-refractivity contribution in [2.45, 2.75) is 27.3 Å². The van der Waals surface area contributed by atoms with Gasteiger partial charge >= 0.3 is 0 Å². The molecule has 0 saturated carbocycles. The van der Waals surface area contributed by atoms with Crippen LogP contribution in [-0.4, -0.2) is 27.0 Å². The Hall–Kier alpha value is -3.15. The molecule has 26 heavy (non-hydrogen) atoms. The largest absolute Gasteiger partial charge is 0.349 e. The number of nitrogens with one attached hydrogen (secondary N) is 2. The number of aromatic nitrogens is 3. The molecule has 3 aromatic rings. The summed E-state index contributed by atoms with van der Waals surface area (Å²) < 4.78 is 2.08. The van der Waals surface area contributed by atoms with E-state index in [-0.39, 0.29) is 5.91 Å². The Kier molecular flexibility index (Phi) is 3.95. The average molecular weight is 347 g/mol. The van der Waals surface area contributed by atoms with Gasteiger partial charge in [0, 0.05) is 36.2 Å². The first-order valence-electron chi connectivity index (χ1n) is 8.69. The van der Waals surface area contributed by atoms with Gasteiger partial charge in [0.2, 0.25) is 5.95 Å². The molecular weight excluding hydrogens is 326 g/mol. The molecule has 2 N–H and O–H groups in total. The van der Waals surface area contributed by atoms with Crippen molar-refractivity contribution in [3.8, 4) is 11.3 Å². The number of amides is 1. The second-order valence-electron chi connectivity index (χ2n) is 6.60. The average Bonchev–Trinajstić information content (AvgIpc) is 2.89. The third-order valence-electron chi connectivity index (χ3n) is 4.82. The lowest BCUT2D eigenvalue weighted by molar-refractivity contribution is 0.0926. The topological polar surface area (TPSA) is 71.8 Å². The van der Waals surface area contributed by atoms with E-state index in [1.807, 2.05) is 44.2 Å². The van der Waals surface area contributed by atoms with Crippen LogP contribution in [0.15, 0.2) is 36.5 Å². The summed E-state index contributed by atoms with van der Waals surface area (Å²) in [6, 6.07) is 9.98. The van der Waals surface area contributed by atoms with Crippen LogP contribution in [0.3, 0.4) is 0 Å². The highest BCUT2D eigenvalue weighted by Crippen LogP contribution is 2.32. The number of rotatable bonds is 3. The SMILES string of the molecule is Cc1ccc(Nc2nccc(-c3c(C)c4n(c3C)CCNC4=O)n2)cc1. The maximum atomic E-state index is 12.3. The van der Waals surface area contributed by atoms with Gasteiger partial charge in [-0.3, -0.25) is 4.79 Å². The van der Waals surface area contributed by atoms with Crippen LogP contribution in [0.4, 0.5) is 11.6 Å². The summed E-state index contributed by atoms with van der Waals surface area (Å²) in [5.74, 6) is 0.522. The van der Waals surface area contributed by atoms with Gasteiger partial charge < -0.3 is 15.2 Å². The molecule has 0 unspecified atom stereocenters. The van der Waals surface area contributed by atoms with Crippen LogP contribution in [0.2, 0.25) is 0 Å². The molecule has 0 fully saturated rings. The zero-order valence-electron chi connectivity index (χ0n) is 15.1. The van der Waals surface area contributed by atoms with Crippen LogP contribution in [0.25, 0.3) is 11.3 Å². The summed E-state index contributed by atoms with van der Waals surface area (Å²) in [5.41, 5.74) is 6.72. The smallest absolute Gasteiger partial charge is 0.268 e. The molecule has 0 saturated heterocycles. The van der Waals surface area contributed by atoms with Crippen molar-refractivity contribution in [1.29, 1.82) is 0 Å². The van der Waals surface area contributed by atoms with Crippen molar-refractivity contribution in [1.82, 2.24) is 19.9 Å². The van der Waals surface area contributed by atoms with Gasteiger partial charge in [0.05, 0.1) is 5.69 Å². The predicted molar refractivity (Wildman–Crippen MR) is 102 cm³/mol. The summed E-state index contributed by atoms with van der Waals surface area (Å²) in [4.78, 5) is 21.3. The Labute approximate surface area is 152 Å². The highest BCUT2D eigenvalue weighted by Gasteiger charge is 2.26. The number of fused-ring (bicyclic) bond motifs is 1. The van der Waals surface area contributed by atoms with Crippen molar-refractivity contribution in [2.75, 3.05) is 11.9 Å². The molecule has 2 aromatic heterocycles. The minimum atomic E-state index is -0.0184. The van der Waals surface area contributed by atoms with Crippen LogP contribution < -0.4 is 10.6 Å². The molecule has 0 bridgehead atoms. The van der Waals surface area contributed by atoms with E-state index in [2.05, 4.69) is 32.1 Å². The molecule has 132 valence electrons. The van der Waals surface area contributed by atoms with Crippen molar-refractivity contribution in [3.05, 3.63) is 59.0 Å². The summed E-state index contributed by atoms with van der Waals surface area (Å²) >= 11 is 0. The number of anilines is 2. The third kappa shape index (κ3) is 2.73. The monoisotopic (exact) mass is 347 g/mol. The van der Waals surface area contributed by atoms with Gasteiger partial charge in [0.25, 0.3) is 5.91 Å². The number of hydrogen-bond donors (Lipinski definition) is 2. The molecule has 0 spiro atoms. The second kappa shape index (κ2) is 6.29. The lowest BCUT2D eigenvalue weighted by atomic mass is 10.1.